The summed E-state index contributed by atoms with van der Waals surface area (Å²) in [4.78, 5) is 24.0. The van der Waals surface area contributed by atoms with Gasteiger partial charge in [0.1, 0.15) is 0 Å². The quantitative estimate of drug-likeness (QED) is 0.558. The van der Waals surface area contributed by atoms with Gasteiger partial charge in [0, 0.05) is 11.6 Å². The van der Waals surface area contributed by atoms with Crippen LogP contribution in [0.2, 0.25) is 0 Å². The molecule has 0 aromatic heterocycles. The van der Waals surface area contributed by atoms with Crippen molar-refractivity contribution in [3.63, 3.8) is 0 Å². The number of amides is 1. The van der Waals surface area contributed by atoms with Crippen LogP contribution in [0.5, 0.6) is 0 Å². The van der Waals surface area contributed by atoms with Crippen molar-refractivity contribution < 1.29 is 14.3 Å². The zero-order chi connectivity index (χ0) is 17.1. The molecule has 1 rings (SSSR count). The number of hydrogen-bond acceptors (Lipinski definition) is 3. The van der Waals surface area contributed by atoms with E-state index in [-0.39, 0.29) is 23.8 Å². The monoisotopic (exact) mass is 317 g/mol. The maximum atomic E-state index is 12.1. The van der Waals surface area contributed by atoms with Gasteiger partial charge < -0.3 is 10.1 Å². The Morgan fingerprint density at radius 2 is 1.87 bits per heavy atom. The van der Waals surface area contributed by atoms with Gasteiger partial charge in [0.2, 0.25) is 0 Å². The smallest absolute Gasteiger partial charge is 0.312 e. The van der Waals surface area contributed by atoms with Crippen molar-refractivity contribution in [3.8, 4) is 0 Å². The molecule has 0 saturated heterocycles. The van der Waals surface area contributed by atoms with Crippen molar-refractivity contribution >= 4 is 11.9 Å². The zero-order valence-electron chi connectivity index (χ0n) is 14.2. The average molecular weight is 317 g/mol. The minimum Gasteiger partial charge on any atom is -0.466 e. The molecule has 1 N–H and O–H groups in total. The molecule has 0 unspecified atom stereocenters. The molecule has 0 spiro atoms. The Hall–Kier alpha value is -2.10. The van der Waals surface area contributed by atoms with Crippen molar-refractivity contribution in [2.75, 3.05) is 6.61 Å². The molecule has 0 aliphatic carbocycles. The van der Waals surface area contributed by atoms with E-state index in [0.29, 0.717) is 12.2 Å². The molecule has 23 heavy (non-hydrogen) atoms. The number of benzene rings is 1. The highest BCUT2D eigenvalue weighted by Gasteiger charge is 2.16. The fourth-order valence-corrected chi connectivity index (χ4v) is 2.19. The molecule has 0 aliphatic heterocycles. The van der Waals surface area contributed by atoms with Crippen molar-refractivity contribution in [2.24, 2.45) is 5.92 Å². The highest BCUT2D eigenvalue weighted by atomic mass is 16.5. The second-order valence-corrected chi connectivity index (χ2v) is 5.51. The van der Waals surface area contributed by atoms with Crippen LogP contribution in [-0.2, 0) is 9.53 Å². The Kier molecular flexibility index (Phi) is 8.73. The molecule has 0 heterocycles. The van der Waals surface area contributed by atoms with Crippen molar-refractivity contribution in [1.29, 1.82) is 0 Å². The van der Waals surface area contributed by atoms with Gasteiger partial charge >= 0.3 is 5.97 Å². The van der Waals surface area contributed by atoms with Crippen molar-refractivity contribution in [3.05, 3.63) is 48.0 Å². The Bertz CT molecular complexity index is 511. The summed E-state index contributed by atoms with van der Waals surface area (Å²) in [6.07, 6.45) is 6.48. The fraction of sp³-hybridized carbons (Fsp3) is 0.474. The van der Waals surface area contributed by atoms with E-state index in [4.69, 9.17) is 4.74 Å². The van der Waals surface area contributed by atoms with Gasteiger partial charge in [0.15, 0.2) is 0 Å². The Labute approximate surface area is 138 Å². The SMILES string of the molecule is CCCC[C@H](/C=C/[C@@H](C)NC(=O)c1ccccc1)C(=O)OCC. The van der Waals surface area contributed by atoms with Crippen LogP contribution >= 0.6 is 0 Å². The van der Waals surface area contributed by atoms with Gasteiger partial charge in [-0.05, 0) is 32.4 Å². The Morgan fingerprint density at radius 1 is 1.17 bits per heavy atom. The normalized spacial score (nSPS) is 13.5. The molecular formula is C19H27NO3. The Morgan fingerprint density at radius 3 is 2.48 bits per heavy atom. The van der Waals surface area contributed by atoms with Gasteiger partial charge in [-0.25, -0.2) is 0 Å². The maximum absolute atomic E-state index is 12.1. The topological polar surface area (TPSA) is 55.4 Å². The van der Waals surface area contributed by atoms with Gasteiger partial charge in [0.25, 0.3) is 5.91 Å². The summed E-state index contributed by atoms with van der Waals surface area (Å²) in [5.41, 5.74) is 0.626. The van der Waals surface area contributed by atoms with Gasteiger partial charge in [-0.2, -0.15) is 0 Å². The molecule has 0 bridgehead atoms. The number of carbonyl (C=O) groups is 2. The third-order valence-electron chi connectivity index (χ3n) is 3.48. The molecular weight excluding hydrogens is 290 g/mol. The maximum Gasteiger partial charge on any atom is 0.312 e. The molecule has 4 nitrogen and oxygen atoms in total. The molecule has 1 aromatic carbocycles. The van der Waals surface area contributed by atoms with Crippen LogP contribution < -0.4 is 5.32 Å². The van der Waals surface area contributed by atoms with E-state index in [0.717, 1.165) is 19.3 Å². The van der Waals surface area contributed by atoms with Gasteiger partial charge in [-0.3, -0.25) is 9.59 Å². The molecule has 0 radical (unpaired) electrons. The van der Waals surface area contributed by atoms with Crippen LogP contribution in [0.4, 0.5) is 0 Å². The van der Waals surface area contributed by atoms with Crippen LogP contribution in [-0.4, -0.2) is 24.5 Å². The van der Waals surface area contributed by atoms with E-state index in [1.165, 1.54) is 0 Å². The summed E-state index contributed by atoms with van der Waals surface area (Å²) < 4.78 is 5.11. The summed E-state index contributed by atoms with van der Waals surface area (Å²) in [7, 11) is 0. The fourth-order valence-electron chi connectivity index (χ4n) is 2.19. The standard InChI is InChI=1S/C19H27NO3/c1-4-6-10-17(19(22)23-5-2)14-13-15(3)20-18(21)16-11-8-7-9-12-16/h7-9,11-15,17H,4-6,10H2,1-3H3,(H,20,21)/b14-13+/t15-,17-/m1/s1. The molecule has 1 amide bonds. The van der Waals surface area contributed by atoms with Gasteiger partial charge in [-0.1, -0.05) is 50.1 Å². The second kappa shape index (κ2) is 10.6. The molecule has 0 fully saturated rings. The van der Waals surface area contributed by atoms with E-state index in [1.807, 2.05) is 37.3 Å². The predicted molar refractivity (Wildman–Crippen MR) is 92.2 cm³/mol. The number of carbonyl (C=O) groups excluding carboxylic acids is 2. The van der Waals surface area contributed by atoms with Gasteiger partial charge in [-0.15, -0.1) is 0 Å². The first-order chi connectivity index (χ1) is 11.1. The van der Waals surface area contributed by atoms with Crippen LogP contribution in [0.3, 0.4) is 0 Å². The minimum atomic E-state index is -0.244. The molecule has 0 saturated carbocycles. The van der Waals surface area contributed by atoms with Gasteiger partial charge in [0.05, 0.1) is 12.5 Å². The summed E-state index contributed by atoms with van der Waals surface area (Å²) in [5.74, 6) is -0.561. The third kappa shape index (κ3) is 7.13. The number of hydrogen-bond donors (Lipinski definition) is 1. The lowest BCUT2D eigenvalue weighted by Crippen LogP contribution is -2.31. The number of unbranched alkanes of at least 4 members (excludes halogenated alkanes) is 1. The molecule has 4 heteroatoms. The van der Waals surface area contributed by atoms with Crippen LogP contribution in [0, 0.1) is 5.92 Å². The first-order valence-corrected chi connectivity index (χ1v) is 8.29. The predicted octanol–water partition coefficient (Wildman–Crippen LogP) is 3.73. The number of ether oxygens (including phenoxy) is 1. The number of rotatable bonds is 9. The number of nitrogens with one attached hydrogen (secondary N) is 1. The lowest BCUT2D eigenvalue weighted by Gasteiger charge is -2.13. The highest BCUT2D eigenvalue weighted by Crippen LogP contribution is 2.13. The highest BCUT2D eigenvalue weighted by molar-refractivity contribution is 5.94. The average Bonchev–Trinajstić information content (AvgIpc) is 2.55. The van der Waals surface area contributed by atoms with E-state index in [1.54, 1.807) is 19.1 Å². The number of esters is 1. The lowest BCUT2D eigenvalue weighted by molar-refractivity contribution is -0.146. The third-order valence-corrected chi connectivity index (χ3v) is 3.48. The summed E-state index contributed by atoms with van der Waals surface area (Å²) >= 11 is 0. The summed E-state index contributed by atoms with van der Waals surface area (Å²) in [6.45, 7) is 6.17. The van der Waals surface area contributed by atoms with Crippen LogP contribution in [0.25, 0.3) is 0 Å². The van der Waals surface area contributed by atoms with E-state index in [2.05, 4.69) is 12.2 Å². The van der Waals surface area contributed by atoms with Crippen molar-refractivity contribution in [1.82, 2.24) is 5.32 Å². The first-order valence-electron chi connectivity index (χ1n) is 8.29. The van der Waals surface area contributed by atoms with E-state index in [9.17, 15) is 9.59 Å². The van der Waals surface area contributed by atoms with E-state index < -0.39 is 0 Å². The second-order valence-electron chi connectivity index (χ2n) is 5.51. The molecule has 126 valence electrons. The van der Waals surface area contributed by atoms with Crippen LogP contribution in [0.15, 0.2) is 42.5 Å². The molecule has 1 aromatic rings. The summed E-state index contributed by atoms with van der Waals surface area (Å²) in [6, 6.07) is 8.93. The van der Waals surface area contributed by atoms with Crippen molar-refractivity contribution in [2.45, 2.75) is 46.1 Å². The molecule has 2 atom stereocenters. The summed E-state index contributed by atoms with van der Waals surface area (Å²) in [5, 5.41) is 2.90. The first kappa shape index (κ1) is 18.9. The molecule has 0 aliphatic rings. The minimum absolute atomic E-state index is 0.121. The lowest BCUT2D eigenvalue weighted by atomic mass is 10.0. The van der Waals surface area contributed by atoms with Crippen LogP contribution in [0.1, 0.15) is 50.4 Å². The largest absolute Gasteiger partial charge is 0.466 e. The Balaban J connectivity index is 2.60. The zero-order valence-corrected chi connectivity index (χ0v) is 14.2. The van der Waals surface area contributed by atoms with E-state index >= 15 is 0 Å².